The first-order valence-electron chi connectivity index (χ1n) is 3.88. The van der Waals surface area contributed by atoms with Crippen molar-refractivity contribution in [2.45, 2.75) is 32.4 Å². The normalized spacial score (nSPS) is 13.2. The van der Waals surface area contributed by atoms with Crippen LogP contribution in [0.4, 0.5) is 0 Å². The van der Waals surface area contributed by atoms with Crippen LogP contribution < -0.4 is 0 Å². The molecule has 1 atom stereocenters. The summed E-state index contributed by atoms with van der Waals surface area (Å²) in [6.07, 6.45) is 0.923. The molecule has 0 fully saturated rings. The van der Waals surface area contributed by atoms with Gasteiger partial charge in [0.05, 0.1) is 11.9 Å². The molecule has 0 saturated carbocycles. The number of rotatable bonds is 4. The molecule has 0 rings (SSSR count). The predicted octanol–water partition coefficient (Wildman–Crippen LogP) is 1.89. The van der Waals surface area contributed by atoms with Crippen molar-refractivity contribution in [3.05, 3.63) is 0 Å². The Kier molecular flexibility index (Phi) is 5.38. The van der Waals surface area contributed by atoms with Gasteiger partial charge in [-0.1, -0.05) is 13.8 Å². The van der Waals surface area contributed by atoms with Crippen molar-refractivity contribution in [3.8, 4) is 0 Å². The van der Waals surface area contributed by atoms with E-state index in [9.17, 15) is 4.79 Å². The van der Waals surface area contributed by atoms with Crippen molar-refractivity contribution in [2.24, 2.45) is 5.92 Å². The van der Waals surface area contributed by atoms with Gasteiger partial charge in [-0.3, -0.25) is 4.79 Å². The van der Waals surface area contributed by atoms with E-state index in [0.717, 1.165) is 6.42 Å². The van der Waals surface area contributed by atoms with E-state index < -0.39 is 0 Å². The van der Waals surface area contributed by atoms with Gasteiger partial charge < -0.3 is 4.74 Å². The van der Waals surface area contributed by atoms with E-state index in [2.05, 4.69) is 26.5 Å². The summed E-state index contributed by atoms with van der Waals surface area (Å²) in [5.41, 5.74) is 0. The number of carbonyl (C=O) groups is 1. The Labute approximate surface area is 73.7 Å². The molecule has 0 aliphatic carbocycles. The maximum absolute atomic E-state index is 10.8. The van der Waals surface area contributed by atoms with E-state index in [-0.39, 0.29) is 11.2 Å². The summed E-state index contributed by atoms with van der Waals surface area (Å²) in [7, 11) is 0. The number of ether oxygens (including phenoxy) is 1. The highest BCUT2D eigenvalue weighted by molar-refractivity contribution is 7.81. The summed E-state index contributed by atoms with van der Waals surface area (Å²) in [6, 6.07) is 0. The number of thiol groups is 1. The van der Waals surface area contributed by atoms with Crippen LogP contribution in [0.25, 0.3) is 0 Å². The Morgan fingerprint density at radius 1 is 1.45 bits per heavy atom. The van der Waals surface area contributed by atoms with Gasteiger partial charge in [0.15, 0.2) is 0 Å². The summed E-state index contributed by atoms with van der Waals surface area (Å²) < 4.78 is 4.90. The molecule has 2 nitrogen and oxygen atoms in total. The lowest BCUT2D eigenvalue weighted by atomic mass is 10.1. The maximum Gasteiger partial charge on any atom is 0.318 e. The third-order valence-corrected chi connectivity index (χ3v) is 1.49. The van der Waals surface area contributed by atoms with Crippen molar-refractivity contribution >= 4 is 18.6 Å². The average molecular weight is 176 g/mol. The smallest absolute Gasteiger partial charge is 0.318 e. The van der Waals surface area contributed by atoms with Gasteiger partial charge in [0.1, 0.15) is 0 Å². The molecule has 0 aromatic carbocycles. The van der Waals surface area contributed by atoms with Gasteiger partial charge in [-0.15, -0.1) is 0 Å². The minimum atomic E-state index is -0.304. The van der Waals surface area contributed by atoms with Gasteiger partial charge in [0, 0.05) is 0 Å². The average Bonchev–Trinajstić information content (AvgIpc) is 1.86. The molecule has 0 radical (unpaired) electrons. The van der Waals surface area contributed by atoms with Crippen LogP contribution in [-0.4, -0.2) is 17.8 Å². The van der Waals surface area contributed by atoms with Crippen molar-refractivity contribution in [1.29, 1.82) is 0 Å². The molecule has 0 spiro atoms. The standard InChI is InChI=1S/C8H16O2S/c1-6(2)4-5-10-8(9)7(3)11/h6-7,11H,4-5H2,1-3H3. The van der Waals surface area contributed by atoms with Crippen molar-refractivity contribution in [2.75, 3.05) is 6.61 Å². The first-order valence-corrected chi connectivity index (χ1v) is 4.40. The van der Waals surface area contributed by atoms with Gasteiger partial charge in [0.25, 0.3) is 0 Å². The van der Waals surface area contributed by atoms with Gasteiger partial charge in [-0.25, -0.2) is 0 Å². The van der Waals surface area contributed by atoms with Crippen LogP contribution in [0.15, 0.2) is 0 Å². The van der Waals surface area contributed by atoms with Crippen LogP contribution in [0.5, 0.6) is 0 Å². The predicted molar refractivity (Wildman–Crippen MR) is 48.9 cm³/mol. The van der Waals surface area contributed by atoms with Crippen LogP contribution in [0.3, 0.4) is 0 Å². The lowest BCUT2D eigenvalue weighted by Gasteiger charge is -2.07. The van der Waals surface area contributed by atoms with E-state index in [1.807, 2.05) is 0 Å². The molecular weight excluding hydrogens is 160 g/mol. The summed E-state index contributed by atoms with van der Waals surface area (Å²) >= 11 is 3.94. The third-order valence-electron chi connectivity index (χ3n) is 1.28. The molecule has 0 aromatic rings. The minimum absolute atomic E-state index is 0.228. The van der Waals surface area contributed by atoms with Crippen LogP contribution in [0.1, 0.15) is 27.2 Å². The lowest BCUT2D eigenvalue weighted by molar-refractivity contribution is -0.142. The second-order valence-electron chi connectivity index (χ2n) is 3.03. The molecule has 11 heavy (non-hydrogen) atoms. The zero-order valence-electron chi connectivity index (χ0n) is 7.33. The lowest BCUT2D eigenvalue weighted by Crippen LogP contribution is -2.15. The molecule has 0 N–H and O–H groups in total. The number of carbonyl (C=O) groups excluding carboxylic acids is 1. The van der Waals surface area contributed by atoms with Crippen LogP contribution in [-0.2, 0) is 9.53 Å². The van der Waals surface area contributed by atoms with E-state index in [4.69, 9.17) is 4.74 Å². The Balaban J connectivity index is 3.32. The van der Waals surface area contributed by atoms with Crippen molar-refractivity contribution < 1.29 is 9.53 Å². The molecule has 1 unspecified atom stereocenters. The van der Waals surface area contributed by atoms with Crippen molar-refractivity contribution in [1.82, 2.24) is 0 Å². The first-order chi connectivity index (χ1) is 5.04. The SMILES string of the molecule is CC(C)CCOC(=O)C(C)S. The zero-order valence-corrected chi connectivity index (χ0v) is 8.23. The molecule has 0 aromatic heterocycles. The van der Waals surface area contributed by atoms with E-state index >= 15 is 0 Å². The fraction of sp³-hybridized carbons (Fsp3) is 0.875. The molecule has 66 valence electrons. The summed E-state index contributed by atoms with van der Waals surface area (Å²) in [6.45, 7) is 6.41. The van der Waals surface area contributed by atoms with Gasteiger partial charge >= 0.3 is 5.97 Å². The summed E-state index contributed by atoms with van der Waals surface area (Å²) in [5.74, 6) is 0.354. The highest BCUT2D eigenvalue weighted by Crippen LogP contribution is 2.01. The second-order valence-corrected chi connectivity index (χ2v) is 3.80. The second kappa shape index (κ2) is 5.47. The fourth-order valence-electron chi connectivity index (χ4n) is 0.516. The molecular formula is C8H16O2S. The monoisotopic (exact) mass is 176 g/mol. The molecule has 0 aliphatic heterocycles. The number of hydrogen-bond donors (Lipinski definition) is 1. The number of esters is 1. The molecule has 0 heterocycles. The number of hydrogen-bond acceptors (Lipinski definition) is 3. The highest BCUT2D eigenvalue weighted by Gasteiger charge is 2.08. The zero-order chi connectivity index (χ0) is 8.85. The van der Waals surface area contributed by atoms with E-state index in [0.29, 0.717) is 12.5 Å². The van der Waals surface area contributed by atoms with Crippen LogP contribution >= 0.6 is 12.6 Å². The summed E-state index contributed by atoms with van der Waals surface area (Å²) in [4.78, 5) is 10.8. The molecule has 0 saturated heterocycles. The van der Waals surface area contributed by atoms with Crippen LogP contribution in [0.2, 0.25) is 0 Å². The Hall–Kier alpha value is -0.180. The van der Waals surface area contributed by atoms with Gasteiger partial charge in [-0.05, 0) is 19.3 Å². The minimum Gasteiger partial charge on any atom is -0.465 e. The fourth-order valence-corrected chi connectivity index (χ4v) is 0.590. The highest BCUT2D eigenvalue weighted by atomic mass is 32.1. The molecule has 3 heteroatoms. The molecule has 0 bridgehead atoms. The van der Waals surface area contributed by atoms with E-state index in [1.165, 1.54) is 0 Å². The van der Waals surface area contributed by atoms with Crippen LogP contribution in [0, 0.1) is 5.92 Å². The maximum atomic E-state index is 10.8. The van der Waals surface area contributed by atoms with Gasteiger partial charge in [0.2, 0.25) is 0 Å². The largest absolute Gasteiger partial charge is 0.465 e. The summed E-state index contributed by atoms with van der Waals surface area (Å²) in [5, 5.41) is -0.304. The topological polar surface area (TPSA) is 26.3 Å². The Bertz CT molecular complexity index is 121. The molecule has 0 amide bonds. The Morgan fingerprint density at radius 2 is 2.00 bits per heavy atom. The molecule has 0 aliphatic rings. The van der Waals surface area contributed by atoms with Gasteiger partial charge in [-0.2, -0.15) is 12.6 Å². The Morgan fingerprint density at radius 3 is 2.36 bits per heavy atom. The third kappa shape index (κ3) is 6.23. The van der Waals surface area contributed by atoms with E-state index in [1.54, 1.807) is 6.92 Å². The first kappa shape index (κ1) is 10.8. The quantitative estimate of drug-likeness (QED) is 0.523. The van der Waals surface area contributed by atoms with Crippen molar-refractivity contribution in [3.63, 3.8) is 0 Å².